The molecule has 2 aromatic carbocycles. The van der Waals surface area contributed by atoms with Crippen LogP contribution in [0.15, 0.2) is 58.3 Å². The number of aryl methyl sites for hydroxylation is 1. The molecule has 0 amide bonds. The fourth-order valence-corrected chi connectivity index (χ4v) is 3.00. The molecule has 0 N–H and O–H groups in total. The van der Waals surface area contributed by atoms with Crippen molar-refractivity contribution in [2.24, 2.45) is 0 Å². The third-order valence-corrected chi connectivity index (χ3v) is 4.53. The summed E-state index contributed by atoms with van der Waals surface area (Å²) in [5, 5.41) is 0. The van der Waals surface area contributed by atoms with Gasteiger partial charge in [-0.25, -0.2) is 0 Å². The van der Waals surface area contributed by atoms with Crippen LogP contribution in [0.2, 0.25) is 0 Å². The number of Topliss-reactive ketones (excluding diaryl/α,β-unsaturated/α-hetero) is 1. The van der Waals surface area contributed by atoms with E-state index in [2.05, 4.69) is 31.2 Å². The van der Waals surface area contributed by atoms with Crippen LogP contribution in [0.4, 0.5) is 0 Å². The summed E-state index contributed by atoms with van der Waals surface area (Å²) in [4.78, 5) is 13.8. The number of carbonyl (C=O) groups is 1. The Morgan fingerprint density at radius 2 is 1.57 bits per heavy atom. The molecule has 0 heterocycles. The van der Waals surface area contributed by atoms with Crippen LogP contribution in [0.3, 0.4) is 0 Å². The number of benzene rings is 2. The number of hydrogen-bond acceptors (Lipinski definition) is 2. The lowest BCUT2D eigenvalue weighted by atomic mass is 10.1. The SMILES string of the molecule is CCCCc1ccc(Sc2ccc(C(=O)CCl)cc2)cc1. The van der Waals surface area contributed by atoms with Crippen LogP contribution in [0.5, 0.6) is 0 Å². The maximum absolute atomic E-state index is 11.5. The minimum atomic E-state index is -0.0338. The second-order valence-electron chi connectivity index (χ2n) is 4.93. The van der Waals surface area contributed by atoms with Crippen LogP contribution in [0.1, 0.15) is 35.7 Å². The molecule has 0 aliphatic heterocycles. The van der Waals surface area contributed by atoms with Crippen molar-refractivity contribution in [2.45, 2.75) is 36.0 Å². The Hall–Kier alpha value is -1.25. The molecule has 0 fully saturated rings. The normalized spacial score (nSPS) is 10.6. The summed E-state index contributed by atoms with van der Waals surface area (Å²) in [7, 11) is 0. The van der Waals surface area contributed by atoms with Crippen LogP contribution >= 0.6 is 23.4 Å². The third kappa shape index (κ3) is 4.90. The average Bonchev–Trinajstić information content (AvgIpc) is 2.54. The molecular weight excluding hydrogens is 300 g/mol. The molecule has 0 aliphatic carbocycles. The van der Waals surface area contributed by atoms with Crippen molar-refractivity contribution in [3.63, 3.8) is 0 Å². The molecule has 0 unspecified atom stereocenters. The van der Waals surface area contributed by atoms with E-state index in [1.54, 1.807) is 11.8 Å². The third-order valence-electron chi connectivity index (χ3n) is 3.28. The molecule has 2 rings (SSSR count). The first kappa shape index (κ1) is 16.1. The van der Waals surface area contributed by atoms with Crippen molar-refractivity contribution in [1.82, 2.24) is 0 Å². The van der Waals surface area contributed by atoms with Crippen LogP contribution < -0.4 is 0 Å². The Morgan fingerprint density at radius 3 is 2.10 bits per heavy atom. The molecular formula is C18H19ClOS. The van der Waals surface area contributed by atoms with Gasteiger partial charge in [0.1, 0.15) is 0 Å². The molecule has 0 saturated carbocycles. The molecule has 0 bridgehead atoms. The fraction of sp³-hybridized carbons (Fsp3) is 0.278. The van der Waals surface area contributed by atoms with Gasteiger partial charge in [0, 0.05) is 15.4 Å². The number of carbonyl (C=O) groups excluding carboxylic acids is 1. The van der Waals surface area contributed by atoms with E-state index in [0.29, 0.717) is 5.56 Å². The van der Waals surface area contributed by atoms with Gasteiger partial charge in [-0.2, -0.15) is 0 Å². The molecule has 0 aliphatic rings. The van der Waals surface area contributed by atoms with Crippen LogP contribution in [-0.4, -0.2) is 11.7 Å². The smallest absolute Gasteiger partial charge is 0.177 e. The summed E-state index contributed by atoms with van der Waals surface area (Å²) in [6.07, 6.45) is 3.61. The summed E-state index contributed by atoms with van der Waals surface area (Å²) in [6.45, 7) is 2.21. The van der Waals surface area contributed by atoms with Gasteiger partial charge in [0.25, 0.3) is 0 Å². The van der Waals surface area contributed by atoms with Crippen molar-refractivity contribution in [3.8, 4) is 0 Å². The molecule has 0 atom stereocenters. The lowest BCUT2D eigenvalue weighted by Crippen LogP contribution is -1.99. The zero-order chi connectivity index (χ0) is 15.1. The lowest BCUT2D eigenvalue weighted by Gasteiger charge is -2.05. The summed E-state index contributed by atoms with van der Waals surface area (Å²) in [5.74, 6) is -0.000358. The van der Waals surface area contributed by atoms with Gasteiger partial charge in [-0.1, -0.05) is 49.4 Å². The molecule has 1 nitrogen and oxygen atoms in total. The molecule has 110 valence electrons. The molecule has 0 spiro atoms. The Balaban J connectivity index is 1.99. The highest BCUT2D eigenvalue weighted by molar-refractivity contribution is 7.99. The molecule has 21 heavy (non-hydrogen) atoms. The quantitative estimate of drug-likeness (QED) is 0.488. The predicted octanol–water partition coefficient (Wildman–Crippen LogP) is 5.60. The number of ketones is 1. The summed E-state index contributed by atoms with van der Waals surface area (Å²) < 4.78 is 0. The zero-order valence-electron chi connectivity index (χ0n) is 12.1. The number of rotatable bonds is 7. The maximum atomic E-state index is 11.5. The van der Waals surface area contributed by atoms with Gasteiger partial charge >= 0.3 is 0 Å². The Labute approximate surface area is 135 Å². The summed E-state index contributed by atoms with van der Waals surface area (Å²) in [6, 6.07) is 16.3. The second-order valence-corrected chi connectivity index (χ2v) is 6.34. The number of hydrogen-bond donors (Lipinski definition) is 0. The largest absolute Gasteiger partial charge is 0.293 e. The predicted molar refractivity (Wildman–Crippen MR) is 90.7 cm³/mol. The molecule has 0 radical (unpaired) electrons. The number of unbranched alkanes of at least 4 members (excludes halogenated alkanes) is 1. The standard InChI is InChI=1S/C18H19ClOS/c1-2-3-4-14-5-9-16(10-6-14)21-17-11-7-15(8-12-17)18(20)13-19/h5-12H,2-4,13H2,1H3. The van der Waals surface area contributed by atoms with E-state index in [1.165, 1.54) is 23.3 Å². The van der Waals surface area contributed by atoms with Gasteiger partial charge in [-0.15, -0.1) is 11.6 Å². The van der Waals surface area contributed by atoms with Crippen molar-refractivity contribution in [3.05, 3.63) is 59.7 Å². The van der Waals surface area contributed by atoms with Gasteiger partial charge in [-0.05, 0) is 42.7 Å². The van der Waals surface area contributed by atoms with Gasteiger partial charge in [-0.3, -0.25) is 4.79 Å². The van der Waals surface area contributed by atoms with E-state index in [4.69, 9.17) is 11.6 Å². The van der Waals surface area contributed by atoms with Gasteiger partial charge in [0.15, 0.2) is 5.78 Å². The first-order chi connectivity index (χ1) is 10.2. The summed E-state index contributed by atoms with van der Waals surface area (Å²) in [5.41, 5.74) is 2.06. The Bertz CT molecular complexity index is 575. The zero-order valence-corrected chi connectivity index (χ0v) is 13.7. The highest BCUT2D eigenvalue weighted by Crippen LogP contribution is 2.28. The van der Waals surface area contributed by atoms with Crippen LogP contribution in [0, 0.1) is 0 Å². The highest BCUT2D eigenvalue weighted by atomic mass is 35.5. The van der Waals surface area contributed by atoms with E-state index >= 15 is 0 Å². The van der Waals surface area contributed by atoms with Crippen molar-refractivity contribution in [1.29, 1.82) is 0 Å². The van der Waals surface area contributed by atoms with Crippen LogP contribution in [-0.2, 0) is 6.42 Å². The molecule has 0 aromatic heterocycles. The monoisotopic (exact) mass is 318 g/mol. The van der Waals surface area contributed by atoms with Crippen molar-refractivity contribution >= 4 is 29.1 Å². The number of alkyl halides is 1. The maximum Gasteiger partial charge on any atom is 0.177 e. The Kier molecular flexibility index (Phi) is 6.34. The highest BCUT2D eigenvalue weighted by Gasteiger charge is 2.04. The number of halogens is 1. The van der Waals surface area contributed by atoms with E-state index in [1.807, 2.05) is 24.3 Å². The van der Waals surface area contributed by atoms with Crippen molar-refractivity contribution in [2.75, 3.05) is 5.88 Å². The van der Waals surface area contributed by atoms with E-state index < -0.39 is 0 Å². The van der Waals surface area contributed by atoms with Crippen LogP contribution in [0.25, 0.3) is 0 Å². The molecule has 0 saturated heterocycles. The van der Waals surface area contributed by atoms with E-state index in [-0.39, 0.29) is 11.7 Å². The summed E-state index contributed by atoms with van der Waals surface area (Å²) >= 11 is 7.26. The second kappa shape index (κ2) is 8.26. The van der Waals surface area contributed by atoms with E-state index in [0.717, 1.165) is 11.3 Å². The minimum absolute atomic E-state index is 0.0334. The minimum Gasteiger partial charge on any atom is -0.293 e. The van der Waals surface area contributed by atoms with Crippen molar-refractivity contribution < 1.29 is 4.79 Å². The van der Waals surface area contributed by atoms with Gasteiger partial charge in [0.05, 0.1) is 5.88 Å². The van der Waals surface area contributed by atoms with E-state index in [9.17, 15) is 4.79 Å². The molecule has 3 heteroatoms. The first-order valence-corrected chi connectivity index (χ1v) is 8.54. The first-order valence-electron chi connectivity index (χ1n) is 7.19. The topological polar surface area (TPSA) is 17.1 Å². The van der Waals surface area contributed by atoms with Gasteiger partial charge < -0.3 is 0 Å². The molecule has 2 aromatic rings. The van der Waals surface area contributed by atoms with Gasteiger partial charge in [0.2, 0.25) is 0 Å². The average molecular weight is 319 g/mol. The lowest BCUT2D eigenvalue weighted by molar-refractivity contribution is 0.102. The Morgan fingerprint density at radius 1 is 1.00 bits per heavy atom. The fourth-order valence-electron chi connectivity index (χ4n) is 2.03.